The second-order valence-corrected chi connectivity index (χ2v) is 5.19. The van der Waals surface area contributed by atoms with Crippen LogP contribution in [0.25, 0.3) is 10.1 Å². The fourth-order valence-electron chi connectivity index (χ4n) is 2.06. The van der Waals surface area contributed by atoms with E-state index < -0.39 is 0 Å². The Morgan fingerprint density at radius 2 is 2.18 bits per heavy atom. The molecule has 0 spiro atoms. The van der Waals surface area contributed by atoms with E-state index in [1.54, 1.807) is 18.3 Å². The van der Waals surface area contributed by atoms with Crippen molar-refractivity contribution in [1.82, 2.24) is 0 Å². The van der Waals surface area contributed by atoms with Gasteiger partial charge in [-0.25, -0.2) is 0 Å². The van der Waals surface area contributed by atoms with Crippen LogP contribution in [0.5, 0.6) is 0 Å². The van der Waals surface area contributed by atoms with Crippen LogP contribution in [0.1, 0.15) is 18.9 Å². The molecule has 0 aliphatic heterocycles. The van der Waals surface area contributed by atoms with Crippen molar-refractivity contribution in [1.29, 1.82) is 0 Å². The first kappa shape index (κ1) is 12.3. The van der Waals surface area contributed by atoms with Crippen LogP contribution in [0.3, 0.4) is 0 Å². The highest BCUT2D eigenvalue weighted by atomic mass is 32.1. The highest BCUT2D eigenvalue weighted by Gasteiger charge is 2.16. The largest absolute Gasteiger partial charge is 0.396 e. The summed E-state index contributed by atoms with van der Waals surface area (Å²) in [6.45, 7) is 1.68. The molecule has 1 heterocycles. The Labute approximate surface area is 105 Å². The maximum absolute atomic E-state index is 11.5. The Hall–Kier alpha value is -1.19. The molecule has 17 heavy (non-hydrogen) atoms. The predicted octanol–water partition coefficient (Wildman–Crippen LogP) is 3.03. The zero-order valence-electron chi connectivity index (χ0n) is 9.85. The summed E-state index contributed by atoms with van der Waals surface area (Å²) >= 11 is 1.71. The second-order valence-electron chi connectivity index (χ2n) is 4.28. The van der Waals surface area contributed by atoms with Gasteiger partial charge in [-0.2, -0.15) is 0 Å². The molecule has 0 aliphatic rings. The molecular formula is C14H16O2S. The molecule has 1 aromatic heterocycles. The number of aliphatic hydroxyl groups is 1. The van der Waals surface area contributed by atoms with Gasteiger partial charge in [-0.1, -0.05) is 18.2 Å². The van der Waals surface area contributed by atoms with Gasteiger partial charge in [-0.15, -0.1) is 11.3 Å². The van der Waals surface area contributed by atoms with Gasteiger partial charge < -0.3 is 5.11 Å². The van der Waals surface area contributed by atoms with Crippen molar-refractivity contribution in [2.24, 2.45) is 5.92 Å². The van der Waals surface area contributed by atoms with Crippen molar-refractivity contribution in [2.75, 3.05) is 6.61 Å². The lowest BCUT2D eigenvalue weighted by Crippen LogP contribution is -2.15. The standard InChI is InChI=1S/C14H16O2S/c1-10(16)11(6-7-15)8-12-9-17-14-5-3-2-4-13(12)14/h2-5,9,11,15H,6-8H2,1H3. The van der Waals surface area contributed by atoms with Crippen LogP contribution in [-0.4, -0.2) is 17.5 Å². The Morgan fingerprint density at radius 1 is 1.41 bits per heavy atom. The third kappa shape index (κ3) is 2.73. The molecule has 0 amide bonds. The molecule has 2 rings (SSSR count). The van der Waals surface area contributed by atoms with Gasteiger partial charge in [0, 0.05) is 17.2 Å². The number of carbonyl (C=O) groups is 1. The van der Waals surface area contributed by atoms with Crippen LogP contribution >= 0.6 is 11.3 Å². The molecule has 0 saturated carbocycles. The summed E-state index contributed by atoms with van der Waals surface area (Å²) in [6, 6.07) is 8.24. The van der Waals surface area contributed by atoms with Crippen molar-refractivity contribution >= 4 is 27.2 Å². The molecule has 0 radical (unpaired) electrons. The highest BCUT2D eigenvalue weighted by Crippen LogP contribution is 2.28. The van der Waals surface area contributed by atoms with E-state index in [0.29, 0.717) is 6.42 Å². The van der Waals surface area contributed by atoms with Gasteiger partial charge in [0.15, 0.2) is 0 Å². The molecule has 0 saturated heterocycles. The van der Waals surface area contributed by atoms with Crippen LogP contribution in [-0.2, 0) is 11.2 Å². The maximum Gasteiger partial charge on any atom is 0.133 e. The normalized spacial score (nSPS) is 12.8. The first-order valence-corrected chi connectivity index (χ1v) is 6.66. The fraction of sp³-hybridized carbons (Fsp3) is 0.357. The number of hydrogen-bond donors (Lipinski definition) is 1. The van der Waals surface area contributed by atoms with Crippen molar-refractivity contribution in [2.45, 2.75) is 19.8 Å². The lowest BCUT2D eigenvalue weighted by Gasteiger charge is -2.11. The highest BCUT2D eigenvalue weighted by molar-refractivity contribution is 7.17. The maximum atomic E-state index is 11.5. The third-order valence-electron chi connectivity index (χ3n) is 3.08. The predicted molar refractivity (Wildman–Crippen MR) is 71.4 cm³/mol. The number of aliphatic hydroxyl groups excluding tert-OH is 1. The number of ketones is 1. The smallest absolute Gasteiger partial charge is 0.133 e. The molecule has 1 unspecified atom stereocenters. The summed E-state index contributed by atoms with van der Waals surface area (Å²) in [5, 5.41) is 12.3. The van der Waals surface area contributed by atoms with Crippen LogP contribution < -0.4 is 0 Å². The second kappa shape index (κ2) is 5.43. The fourth-order valence-corrected chi connectivity index (χ4v) is 3.04. The number of benzene rings is 1. The lowest BCUT2D eigenvalue weighted by molar-refractivity contribution is -0.121. The molecule has 0 bridgehead atoms. The summed E-state index contributed by atoms with van der Waals surface area (Å²) in [7, 11) is 0. The van der Waals surface area contributed by atoms with Gasteiger partial charge in [0.05, 0.1) is 0 Å². The summed E-state index contributed by atoms with van der Waals surface area (Å²) in [4.78, 5) is 11.5. The molecule has 1 atom stereocenters. The summed E-state index contributed by atoms with van der Waals surface area (Å²) in [6.07, 6.45) is 1.29. The Bertz CT molecular complexity index is 516. The molecule has 0 fully saturated rings. The zero-order valence-corrected chi connectivity index (χ0v) is 10.7. The number of carbonyl (C=O) groups excluding carboxylic acids is 1. The summed E-state index contributed by atoms with van der Waals surface area (Å²) in [5.41, 5.74) is 1.22. The number of thiophene rings is 1. The number of fused-ring (bicyclic) bond motifs is 1. The van der Waals surface area contributed by atoms with E-state index in [0.717, 1.165) is 6.42 Å². The first-order valence-electron chi connectivity index (χ1n) is 5.78. The van der Waals surface area contributed by atoms with Gasteiger partial charge in [0.25, 0.3) is 0 Å². The van der Waals surface area contributed by atoms with Crippen LogP contribution in [0, 0.1) is 5.92 Å². The number of hydrogen-bond acceptors (Lipinski definition) is 3. The van der Waals surface area contributed by atoms with Crippen molar-refractivity contribution < 1.29 is 9.90 Å². The van der Waals surface area contributed by atoms with Crippen LogP contribution in [0.2, 0.25) is 0 Å². The minimum Gasteiger partial charge on any atom is -0.396 e. The molecule has 1 N–H and O–H groups in total. The molecule has 3 heteroatoms. The van der Waals surface area contributed by atoms with Crippen molar-refractivity contribution in [3.8, 4) is 0 Å². The molecular weight excluding hydrogens is 232 g/mol. The monoisotopic (exact) mass is 248 g/mol. The van der Waals surface area contributed by atoms with Gasteiger partial charge in [0.2, 0.25) is 0 Å². The third-order valence-corrected chi connectivity index (χ3v) is 4.09. The van der Waals surface area contributed by atoms with E-state index in [1.165, 1.54) is 15.6 Å². The van der Waals surface area contributed by atoms with E-state index in [2.05, 4.69) is 17.5 Å². The first-order chi connectivity index (χ1) is 8.22. The van der Waals surface area contributed by atoms with E-state index in [1.807, 2.05) is 12.1 Å². The molecule has 2 aromatic rings. The summed E-state index contributed by atoms with van der Waals surface area (Å²) in [5.74, 6) is 0.104. The summed E-state index contributed by atoms with van der Waals surface area (Å²) < 4.78 is 1.26. The Balaban J connectivity index is 2.25. The Morgan fingerprint density at radius 3 is 2.88 bits per heavy atom. The zero-order chi connectivity index (χ0) is 12.3. The quantitative estimate of drug-likeness (QED) is 0.883. The minimum atomic E-state index is -0.0574. The van der Waals surface area contributed by atoms with Gasteiger partial charge in [-0.05, 0) is 42.2 Å². The number of rotatable bonds is 5. The topological polar surface area (TPSA) is 37.3 Å². The van der Waals surface area contributed by atoms with Gasteiger partial charge >= 0.3 is 0 Å². The van der Waals surface area contributed by atoms with E-state index in [-0.39, 0.29) is 18.3 Å². The van der Waals surface area contributed by atoms with Crippen molar-refractivity contribution in [3.05, 3.63) is 35.2 Å². The van der Waals surface area contributed by atoms with Crippen molar-refractivity contribution in [3.63, 3.8) is 0 Å². The molecule has 0 aliphatic carbocycles. The van der Waals surface area contributed by atoms with E-state index in [9.17, 15) is 4.79 Å². The SMILES string of the molecule is CC(=O)C(CCO)Cc1csc2ccccc12. The lowest BCUT2D eigenvalue weighted by atomic mass is 9.93. The van der Waals surface area contributed by atoms with Crippen LogP contribution in [0.4, 0.5) is 0 Å². The average Bonchev–Trinajstić information content (AvgIpc) is 2.72. The average molecular weight is 248 g/mol. The molecule has 2 nitrogen and oxygen atoms in total. The van der Waals surface area contributed by atoms with E-state index >= 15 is 0 Å². The van der Waals surface area contributed by atoms with E-state index in [4.69, 9.17) is 5.11 Å². The molecule has 90 valence electrons. The number of Topliss-reactive ketones (excluding diaryl/α,β-unsaturated/α-hetero) is 1. The molecule has 1 aromatic carbocycles. The van der Waals surface area contributed by atoms with Gasteiger partial charge in [0.1, 0.15) is 5.78 Å². The van der Waals surface area contributed by atoms with Gasteiger partial charge in [-0.3, -0.25) is 4.79 Å². The Kier molecular flexibility index (Phi) is 3.92. The minimum absolute atomic E-state index is 0.0574. The van der Waals surface area contributed by atoms with Crippen LogP contribution in [0.15, 0.2) is 29.6 Å².